The van der Waals surface area contributed by atoms with Gasteiger partial charge < -0.3 is 15.4 Å². The van der Waals surface area contributed by atoms with E-state index in [1.54, 1.807) is 13.3 Å². The van der Waals surface area contributed by atoms with Gasteiger partial charge in [-0.3, -0.25) is 0 Å². The molecule has 0 amide bonds. The van der Waals surface area contributed by atoms with Crippen molar-refractivity contribution < 1.29 is 4.74 Å². The van der Waals surface area contributed by atoms with E-state index in [9.17, 15) is 0 Å². The van der Waals surface area contributed by atoms with Gasteiger partial charge in [-0.25, -0.2) is 4.98 Å². The largest absolute Gasteiger partial charge is 0.383 e. The molecule has 0 saturated carbocycles. The molecule has 0 spiro atoms. The van der Waals surface area contributed by atoms with Crippen molar-refractivity contribution in [2.75, 3.05) is 30.9 Å². The van der Waals surface area contributed by atoms with Gasteiger partial charge in [-0.05, 0) is 23.6 Å². The highest BCUT2D eigenvalue weighted by Crippen LogP contribution is 2.26. The lowest BCUT2D eigenvalue weighted by Crippen LogP contribution is -2.10. The predicted octanol–water partition coefficient (Wildman–Crippen LogP) is 3.40. The summed E-state index contributed by atoms with van der Waals surface area (Å²) in [5.74, 6) is 1.83. The van der Waals surface area contributed by atoms with Gasteiger partial charge in [0.2, 0.25) is 5.95 Å². The first-order valence-corrected chi connectivity index (χ1v) is 7.12. The summed E-state index contributed by atoms with van der Waals surface area (Å²) >= 11 is 0. The second-order valence-electron chi connectivity index (χ2n) is 5.05. The van der Waals surface area contributed by atoms with Crippen LogP contribution >= 0.6 is 0 Å². The number of benzene rings is 1. The number of nitrogens with one attached hydrogen (secondary N) is 2. The zero-order chi connectivity index (χ0) is 15.1. The summed E-state index contributed by atoms with van der Waals surface area (Å²) in [6.07, 6.45) is 1.74. The number of hydrogen-bond donors (Lipinski definition) is 2. The van der Waals surface area contributed by atoms with E-state index in [4.69, 9.17) is 4.74 Å². The summed E-state index contributed by atoms with van der Waals surface area (Å²) in [4.78, 5) is 8.64. The van der Waals surface area contributed by atoms with Gasteiger partial charge in [-0.2, -0.15) is 4.98 Å². The Bertz CT molecular complexity index is 572. The Labute approximate surface area is 125 Å². The minimum absolute atomic E-state index is 0.454. The van der Waals surface area contributed by atoms with Crippen LogP contribution in [0.15, 0.2) is 36.5 Å². The van der Waals surface area contributed by atoms with Crippen molar-refractivity contribution in [2.45, 2.75) is 19.8 Å². The third-order valence-electron chi connectivity index (χ3n) is 3.09. The fourth-order valence-electron chi connectivity index (χ4n) is 2.03. The minimum Gasteiger partial charge on any atom is -0.383 e. The number of methoxy groups -OCH3 is 1. The van der Waals surface area contributed by atoms with Gasteiger partial charge in [0.15, 0.2) is 0 Å². The lowest BCUT2D eigenvalue weighted by Gasteiger charge is -2.14. The highest BCUT2D eigenvalue weighted by atomic mass is 16.5. The van der Waals surface area contributed by atoms with Crippen LogP contribution in [0.5, 0.6) is 0 Å². The third-order valence-corrected chi connectivity index (χ3v) is 3.09. The topological polar surface area (TPSA) is 59.1 Å². The first-order valence-electron chi connectivity index (χ1n) is 7.12. The number of rotatable bonds is 7. The van der Waals surface area contributed by atoms with Gasteiger partial charge in [0.05, 0.1) is 6.61 Å². The van der Waals surface area contributed by atoms with E-state index < -0.39 is 0 Å². The minimum atomic E-state index is 0.454. The van der Waals surface area contributed by atoms with Gasteiger partial charge in [0.25, 0.3) is 0 Å². The predicted molar refractivity (Wildman–Crippen MR) is 86.2 cm³/mol. The Kier molecular flexibility index (Phi) is 5.51. The van der Waals surface area contributed by atoms with E-state index in [-0.39, 0.29) is 0 Å². The monoisotopic (exact) mass is 286 g/mol. The number of ether oxygens (including phenoxy) is 1. The van der Waals surface area contributed by atoms with Crippen molar-refractivity contribution in [3.8, 4) is 0 Å². The maximum Gasteiger partial charge on any atom is 0.224 e. The van der Waals surface area contributed by atoms with Gasteiger partial charge >= 0.3 is 0 Å². The quantitative estimate of drug-likeness (QED) is 0.764. The van der Waals surface area contributed by atoms with Crippen molar-refractivity contribution in [2.24, 2.45) is 0 Å². The molecule has 5 nitrogen and oxygen atoms in total. The summed E-state index contributed by atoms with van der Waals surface area (Å²) in [7, 11) is 1.67. The van der Waals surface area contributed by atoms with Crippen molar-refractivity contribution in [3.05, 3.63) is 42.1 Å². The Morgan fingerprint density at radius 3 is 2.76 bits per heavy atom. The van der Waals surface area contributed by atoms with Gasteiger partial charge in [0, 0.05) is 25.5 Å². The highest BCUT2D eigenvalue weighted by molar-refractivity contribution is 5.61. The van der Waals surface area contributed by atoms with Crippen LogP contribution in [0.25, 0.3) is 0 Å². The zero-order valence-corrected chi connectivity index (χ0v) is 12.8. The molecule has 5 heteroatoms. The van der Waals surface area contributed by atoms with Crippen molar-refractivity contribution in [1.82, 2.24) is 9.97 Å². The first-order chi connectivity index (χ1) is 10.2. The molecule has 2 aromatic rings. The second kappa shape index (κ2) is 7.59. The van der Waals surface area contributed by atoms with Gasteiger partial charge in [-0.1, -0.05) is 32.0 Å². The van der Waals surface area contributed by atoms with E-state index in [1.807, 2.05) is 12.1 Å². The normalized spacial score (nSPS) is 10.7. The van der Waals surface area contributed by atoms with Crippen molar-refractivity contribution in [1.29, 1.82) is 0 Å². The highest BCUT2D eigenvalue weighted by Gasteiger charge is 2.07. The standard InChI is InChI=1S/C16H22N4O/c1-12(2)13-6-4-5-7-14(13)19-15-8-9-17-16(20-15)18-10-11-21-3/h4-9,12H,10-11H2,1-3H3,(H2,17,18,19,20). The molecule has 0 aliphatic heterocycles. The molecule has 112 valence electrons. The Hall–Kier alpha value is -2.14. The summed E-state index contributed by atoms with van der Waals surface area (Å²) in [5, 5.41) is 6.48. The van der Waals surface area contributed by atoms with Crippen LogP contribution in [-0.2, 0) is 4.74 Å². The van der Waals surface area contributed by atoms with E-state index in [1.165, 1.54) is 5.56 Å². The SMILES string of the molecule is COCCNc1nccc(Nc2ccccc2C(C)C)n1. The van der Waals surface area contributed by atoms with Crippen LogP contribution in [0.3, 0.4) is 0 Å². The number of anilines is 3. The smallest absolute Gasteiger partial charge is 0.224 e. The fraction of sp³-hybridized carbons (Fsp3) is 0.375. The number of hydrogen-bond acceptors (Lipinski definition) is 5. The average Bonchev–Trinajstić information content (AvgIpc) is 2.48. The Morgan fingerprint density at radius 1 is 1.19 bits per heavy atom. The van der Waals surface area contributed by atoms with Gasteiger partial charge in [-0.15, -0.1) is 0 Å². The molecule has 2 rings (SSSR count). The van der Waals surface area contributed by atoms with Crippen LogP contribution in [0.1, 0.15) is 25.3 Å². The molecule has 0 radical (unpaired) electrons. The fourth-order valence-corrected chi connectivity index (χ4v) is 2.03. The Balaban J connectivity index is 2.11. The van der Waals surface area contributed by atoms with E-state index in [2.05, 4.69) is 52.6 Å². The van der Waals surface area contributed by atoms with E-state index in [0.717, 1.165) is 11.5 Å². The molecular formula is C16H22N4O. The summed E-state index contributed by atoms with van der Waals surface area (Å²) in [5.41, 5.74) is 2.35. The van der Waals surface area contributed by atoms with Crippen molar-refractivity contribution in [3.63, 3.8) is 0 Å². The molecule has 21 heavy (non-hydrogen) atoms. The summed E-state index contributed by atoms with van der Waals surface area (Å²) in [6, 6.07) is 10.1. The second-order valence-corrected chi connectivity index (χ2v) is 5.05. The molecule has 1 heterocycles. The first kappa shape index (κ1) is 15.3. The average molecular weight is 286 g/mol. The molecule has 0 unspecified atom stereocenters. The molecular weight excluding hydrogens is 264 g/mol. The maximum atomic E-state index is 5.00. The molecule has 0 aliphatic carbocycles. The molecule has 1 aromatic heterocycles. The van der Waals surface area contributed by atoms with Crippen molar-refractivity contribution >= 4 is 17.5 Å². The number of nitrogens with zero attached hydrogens (tertiary/aromatic N) is 2. The molecule has 0 fully saturated rings. The Morgan fingerprint density at radius 2 is 2.00 bits per heavy atom. The zero-order valence-electron chi connectivity index (χ0n) is 12.8. The van der Waals surface area contributed by atoms with Crippen LogP contribution in [0.2, 0.25) is 0 Å². The number of aromatic nitrogens is 2. The van der Waals surface area contributed by atoms with Crippen LogP contribution in [-0.4, -0.2) is 30.2 Å². The molecule has 0 atom stereocenters. The molecule has 2 N–H and O–H groups in total. The summed E-state index contributed by atoms with van der Waals surface area (Å²) in [6.45, 7) is 5.66. The third kappa shape index (κ3) is 4.43. The lowest BCUT2D eigenvalue weighted by atomic mass is 10.0. The molecule has 0 aliphatic rings. The van der Waals surface area contributed by atoms with E-state index in [0.29, 0.717) is 25.0 Å². The molecule has 1 aromatic carbocycles. The maximum absolute atomic E-state index is 5.00. The van der Waals surface area contributed by atoms with Crippen LogP contribution in [0.4, 0.5) is 17.5 Å². The summed E-state index contributed by atoms with van der Waals surface area (Å²) < 4.78 is 5.00. The molecule has 0 bridgehead atoms. The van der Waals surface area contributed by atoms with E-state index >= 15 is 0 Å². The van der Waals surface area contributed by atoms with Crippen LogP contribution in [0, 0.1) is 0 Å². The number of para-hydroxylation sites is 1. The molecule has 0 saturated heterocycles. The van der Waals surface area contributed by atoms with Crippen LogP contribution < -0.4 is 10.6 Å². The lowest BCUT2D eigenvalue weighted by molar-refractivity contribution is 0.210. The van der Waals surface area contributed by atoms with Gasteiger partial charge in [0.1, 0.15) is 5.82 Å².